The number of imide groups is 1. The third-order valence-electron chi connectivity index (χ3n) is 7.15. The van der Waals surface area contributed by atoms with Crippen LogP contribution in [0.2, 0.25) is 5.02 Å². The molecule has 4 rings (SSSR count). The van der Waals surface area contributed by atoms with E-state index in [-0.39, 0.29) is 36.2 Å². The summed E-state index contributed by atoms with van der Waals surface area (Å²) in [4.78, 5) is 51.6. The highest BCUT2D eigenvalue weighted by molar-refractivity contribution is 6.53. The molecule has 2 aliphatic heterocycles. The summed E-state index contributed by atoms with van der Waals surface area (Å²) >= 11 is 5.76. The van der Waals surface area contributed by atoms with Crippen molar-refractivity contribution in [3.8, 4) is 0 Å². The number of rotatable bonds is 5. The number of piperidine rings is 1. The van der Waals surface area contributed by atoms with E-state index in [1.165, 1.54) is 17.0 Å². The molecule has 1 unspecified atom stereocenters. The second-order valence-electron chi connectivity index (χ2n) is 9.67. The number of carbonyl (C=O) groups excluding carboxylic acids is 4. The molecule has 1 saturated heterocycles. The quantitative estimate of drug-likeness (QED) is 0.330. The summed E-state index contributed by atoms with van der Waals surface area (Å²) in [7, 11) is 7.10. The van der Waals surface area contributed by atoms with Crippen molar-refractivity contribution >= 4 is 77.5 Å². The van der Waals surface area contributed by atoms with E-state index in [0.717, 1.165) is 12.1 Å². The maximum atomic E-state index is 14.7. The molecule has 0 aliphatic carbocycles. The lowest BCUT2D eigenvalue weighted by Gasteiger charge is -2.40. The van der Waals surface area contributed by atoms with E-state index in [2.05, 4.69) is 10.6 Å². The van der Waals surface area contributed by atoms with Gasteiger partial charge in [-0.2, -0.15) is 8.78 Å². The summed E-state index contributed by atoms with van der Waals surface area (Å²) in [5.74, 6) is -6.44. The number of amides is 4. The number of hydrogen-bond donors (Lipinski definition) is 2. The predicted octanol–water partition coefficient (Wildman–Crippen LogP) is -3.10. The molecule has 2 aromatic rings. The highest BCUT2D eigenvalue weighted by Gasteiger charge is 2.50. The Kier molecular flexibility index (Phi) is 6.58. The van der Waals surface area contributed by atoms with Crippen molar-refractivity contribution in [3.63, 3.8) is 0 Å². The zero-order chi connectivity index (χ0) is 26.6. The van der Waals surface area contributed by atoms with Gasteiger partial charge in [0.15, 0.2) is 0 Å². The Morgan fingerprint density at radius 3 is 2.42 bits per heavy atom. The normalized spacial score (nSPS) is 19.1. The average molecular weight is 509 g/mol. The minimum Gasteiger partial charge on any atom is -0.346 e. The van der Waals surface area contributed by atoms with Gasteiger partial charge in [0.2, 0.25) is 11.8 Å². The van der Waals surface area contributed by atoms with Crippen molar-refractivity contribution in [3.05, 3.63) is 57.6 Å². The Morgan fingerprint density at radius 2 is 1.81 bits per heavy atom. The Balaban J connectivity index is 1.62. The van der Waals surface area contributed by atoms with Gasteiger partial charge in [-0.05, 0) is 29.7 Å². The van der Waals surface area contributed by atoms with Gasteiger partial charge < -0.3 is 10.2 Å². The Labute approximate surface area is 215 Å². The van der Waals surface area contributed by atoms with Gasteiger partial charge in [0.25, 0.3) is 11.8 Å². The number of halogens is 3. The second-order valence-corrected chi connectivity index (χ2v) is 10.1. The molecule has 0 saturated carbocycles. The van der Waals surface area contributed by atoms with Gasteiger partial charge in [0.05, 0.1) is 0 Å². The first kappa shape index (κ1) is 26.0. The molecule has 0 aromatic heterocycles. The Morgan fingerprint density at radius 1 is 1.17 bits per heavy atom. The van der Waals surface area contributed by atoms with Crippen LogP contribution in [0.25, 0.3) is 0 Å². The van der Waals surface area contributed by atoms with Crippen LogP contribution in [0.4, 0.5) is 8.78 Å². The Bertz CT molecular complexity index is 1310. The van der Waals surface area contributed by atoms with Crippen molar-refractivity contribution in [2.75, 3.05) is 0 Å². The van der Waals surface area contributed by atoms with Crippen molar-refractivity contribution in [1.29, 1.82) is 0 Å². The topological polar surface area (TPSA) is 95.6 Å². The summed E-state index contributed by atoms with van der Waals surface area (Å²) in [5, 5.41) is 3.99. The summed E-state index contributed by atoms with van der Waals surface area (Å²) in [6.45, 7) is -0.176. The molecule has 0 radical (unpaired) electrons. The number of nitrogens with one attached hydrogen (secondary N) is 2. The predicted molar refractivity (Wildman–Crippen MR) is 141 cm³/mol. The van der Waals surface area contributed by atoms with Gasteiger partial charge in [0, 0.05) is 34.5 Å². The van der Waals surface area contributed by atoms with Crippen LogP contribution in [0.1, 0.15) is 39.9 Å². The molecule has 14 heteroatoms. The fourth-order valence-corrected chi connectivity index (χ4v) is 5.09. The van der Waals surface area contributed by atoms with E-state index < -0.39 is 34.7 Å². The Hall–Kier alpha value is -3.07. The number of alkyl halides is 2. The van der Waals surface area contributed by atoms with Crippen molar-refractivity contribution < 1.29 is 28.0 Å². The molecule has 0 spiro atoms. The van der Waals surface area contributed by atoms with Gasteiger partial charge in [-0.25, -0.2) is 0 Å². The van der Waals surface area contributed by atoms with E-state index in [0.29, 0.717) is 27.6 Å². The zero-order valence-corrected chi connectivity index (χ0v) is 21.1. The third kappa shape index (κ3) is 4.23. The monoisotopic (exact) mass is 509 g/mol. The smallest absolute Gasteiger partial charge is 0.346 e. The van der Waals surface area contributed by atoms with E-state index in [4.69, 9.17) is 11.6 Å². The molecular weight excluding hydrogens is 487 g/mol. The first-order valence-electron chi connectivity index (χ1n) is 11.5. The number of nitrogens with zero attached hydrogens (tertiary/aromatic N) is 1. The van der Waals surface area contributed by atoms with E-state index in [1.54, 1.807) is 37.5 Å². The molecule has 36 heavy (non-hydrogen) atoms. The zero-order valence-electron chi connectivity index (χ0n) is 20.3. The summed E-state index contributed by atoms with van der Waals surface area (Å²) in [6.07, 6.45) is 0.346. The first-order valence-corrected chi connectivity index (χ1v) is 11.9. The lowest BCUT2D eigenvalue weighted by molar-refractivity contribution is -0.147. The fraction of sp³-hybridized carbons (Fsp3) is 0.273. The van der Waals surface area contributed by atoms with Gasteiger partial charge in [-0.15, -0.1) is 0 Å². The number of carbonyl (C=O) groups is 4. The minimum absolute atomic E-state index is 0.129. The molecule has 1 fully saturated rings. The van der Waals surface area contributed by atoms with E-state index in [9.17, 15) is 28.0 Å². The molecule has 182 valence electrons. The fourth-order valence-electron chi connectivity index (χ4n) is 4.97. The summed E-state index contributed by atoms with van der Waals surface area (Å²) in [6, 6.07) is 5.70. The largest absolute Gasteiger partial charge is 0.349 e. The molecule has 1 atom stereocenters. The van der Waals surface area contributed by atoms with Crippen molar-refractivity contribution in [2.45, 2.75) is 36.7 Å². The highest BCUT2D eigenvalue weighted by atomic mass is 35.5. The van der Waals surface area contributed by atoms with Gasteiger partial charge >= 0.3 is 5.92 Å². The second kappa shape index (κ2) is 9.10. The van der Waals surface area contributed by atoms with Crippen LogP contribution in [-0.2, 0) is 32.2 Å². The van der Waals surface area contributed by atoms with Crippen LogP contribution in [-0.4, -0.2) is 66.0 Å². The molecule has 4 amide bonds. The van der Waals surface area contributed by atoms with Crippen LogP contribution in [0, 0.1) is 0 Å². The molecule has 2 N–H and O–H groups in total. The minimum atomic E-state index is -3.76. The first-order chi connectivity index (χ1) is 16.8. The van der Waals surface area contributed by atoms with Crippen LogP contribution in [0.15, 0.2) is 30.3 Å². The van der Waals surface area contributed by atoms with Gasteiger partial charge in [-0.3, -0.25) is 24.5 Å². The number of fused-ring (bicyclic) bond motifs is 1. The summed E-state index contributed by atoms with van der Waals surface area (Å²) in [5.41, 5.74) is 2.51. The molecule has 2 aliphatic rings. The maximum Gasteiger partial charge on any atom is 0.349 e. The molecule has 2 heterocycles. The van der Waals surface area contributed by atoms with Crippen LogP contribution < -0.4 is 21.6 Å². The molecule has 0 bridgehead atoms. The van der Waals surface area contributed by atoms with E-state index in [1.807, 2.05) is 0 Å². The maximum absolute atomic E-state index is 14.7. The SMILES string of the molecule is Bc1c(CNC(=O)C(F)(F)c2ccc(Cl)cc2)cc2c(c1B)C(=O)N(C1CCC(=O)NC1=O)C2(B)B. The molecular formula is C22H22B4ClF2N3O4. The van der Waals surface area contributed by atoms with Crippen LogP contribution in [0.3, 0.4) is 0 Å². The number of hydrogen-bond acceptors (Lipinski definition) is 4. The molecule has 7 nitrogen and oxygen atoms in total. The van der Waals surface area contributed by atoms with Crippen LogP contribution >= 0.6 is 11.6 Å². The number of benzene rings is 2. The standard InChI is InChI=1S/C22H22B4ClF2N3O4/c23-16-9(8-30-20(36)21(28,29)10-1-3-11(27)4-2-10)7-12-15(17(16)24)19(35)32(22(12,25)26)13-5-6-14(33)31-18(13)34/h1-4,7,13H,5-6,8,23-26H2,(H,30,36)(H,31,33,34). The van der Waals surface area contributed by atoms with Crippen molar-refractivity contribution in [1.82, 2.24) is 15.5 Å². The van der Waals surface area contributed by atoms with Gasteiger partial charge in [-0.1, -0.05) is 40.7 Å². The lowest BCUT2D eigenvalue weighted by Crippen LogP contribution is -2.59. The third-order valence-corrected chi connectivity index (χ3v) is 7.41. The summed E-state index contributed by atoms with van der Waals surface area (Å²) < 4.78 is 29.4. The van der Waals surface area contributed by atoms with Crippen molar-refractivity contribution in [2.24, 2.45) is 0 Å². The van der Waals surface area contributed by atoms with E-state index >= 15 is 0 Å². The lowest BCUT2D eigenvalue weighted by atomic mass is 9.56. The van der Waals surface area contributed by atoms with Gasteiger partial charge in [0.1, 0.15) is 37.4 Å². The highest BCUT2D eigenvalue weighted by Crippen LogP contribution is 2.37. The van der Waals surface area contributed by atoms with Crippen LogP contribution in [0.5, 0.6) is 0 Å². The molecule has 2 aromatic carbocycles. The average Bonchev–Trinajstić information content (AvgIpc) is 3.00.